The first kappa shape index (κ1) is 28.2. The number of carbonyl (C=O) groups is 1. The molecule has 0 N–H and O–H groups in total. The number of hydrogen-bond donors (Lipinski definition) is 0. The Kier molecular flexibility index (Phi) is 27.3. The van der Waals surface area contributed by atoms with Crippen LogP contribution in [0.5, 0.6) is 0 Å². The van der Waals surface area contributed by atoms with E-state index in [1.165, 1.54) is 6.92 Å². The van der Waals surface area contributed by atoms with Gasteiger partial charge >= 0.3 is 39.9 Å². The molecule has 0 heterocycles. The fourth-order valence-electron chi connectivity index (χ4n) is 1.35. The van der Waals surface area contributed by atoms with Crippen LogP contribution in [0.4, 0.5) is 0 Å². The zero-order valence-corrected chi connectivity index (χ0v) is 13.6. The zero-order valence-electron chi connectivity index (χ0n) is 12.3. The summed E-state index contributed by atoms with van der Waals surface area (Å²) in [4.78, 5) is 10.9. The summed E-state index contributed by atoms with van der Waals surface area (Å²) in [6.45, 7) is 18.6. The van der Waals surface area contributed by atoms with Crippen LogP contribution < -0.4 is 0 Å². The fraction of sp³-hybridized carbons (Fsp3) is 0.250. The Balaban J connectivity index is -0.000000206. The first-order chi connectivity index (χ1) is 10.1. The summed E-state index contributed by atoms with van der Waals surface area (Å²) in [5.74, 6) is 5.34. The normalized spacial score (nSPS) is 7.86. The molecule has 0 amide bonds. The van der Waals surface area contributed by atoms with Crippen LogP contribution in [0.1, 0.15) is 31.1 Å². The molecular weight excluding hydrogens is 324 g/mol. The number of esters is 1. The van der Waals surface area contributed by atoms with Gasteiger partial charge in [0.1, 0.15) is 0 Å². The maximum Gasteiger partial charge on any atom is 0 e. The first-order valence-corrected chi connectivity index (χ1v) is 5.41. The largest absolute Gasteiger partial charge is 0 e. The van der Waals surface area contributed by atoms with E-state index in [0.717, 1.165) is 11.1 Å². The van der Waals surface area contributed by atoms with E-state index in [1.54, 1.807) is 6.92 Å². The van der Waals surface area contributed by atoms with Gasteiger partial charge in [-0.25, -0.2) is 0 Å². The molecule has 1 aromatic carbocycles. The molecule has 0 fully saturated rings. The van der Waals surface area contributed by atoms with Crippen molar-refractivity contribution in [3.63, 3.8) is 0 Å². The van der Waals surface area contributed by atoms with E-state index in [1.807, 2.05) is 31.2 Å². The van der Waals surface area contributed by atoms with Gasteiger partial charge in [0.2, 0.25) is 0 Å². The van der Waals surface area contributed by atoms with Gasteiger partial charge in [-0.1, -0.05) is 30.2 Å². The predicted octanol–water partition coefficient (Wildman–Crippen LogP) is 2.51. The third kappa shape index (κ3) is 13.0. The van der Waals surface area contributed by atoms with Crippen LogP contribution in [0, 0.1) is 38.7 Å². The Morgan fingerprint density at radius 1 is 1.14 bits per heavy atom. The molecule has 0 saturated heterocycles. The van der Waals surface area contributed by atoms with Gasteiger partial charge in [-0.15, -0.1) is 5.92 Å². The van der Waals surface area contributed by atoms with E-state index in [-0.39, 0.29) is 23.3 Å². The molecule has 0 aromatic heterocycles. The van der Waals surface area contributed by atoms with Gasteiger partial charge in [0, 0.05) is 29.8 Å². The molecule has 0 unspecified atom stereocenters. The van der Waals surface area contributed by atoms with Gasteiger partial charge in [-0.2, -0.15) is 0 Å². The van der Waals surface area contributed by atoms with E-state index in [2.05, 4.69) is 31.8 Å². The van der Waals surface area contributed by atoms with E-state index < -0.39 is 6.10 Å². The van der Waals surface area contributed by atoms with E-state index in [4.69, 9.17) is 18.7 Å². The maximum atomic E-state index is 10.9. The quantitative estimate of drug-likeness (QED) is 0.359. The second kappa shape index (κ2) is 21.3. The molecule has 0 radical (unpaired) electrons. The van der Waals surface area contributed by atoms with Crippen molar-refractivity contribution in [1.82, 2.24) is 0 Å². The van der Waals surface area contributed by atoms with Crippen LogP contribution in [0.15, 0.2) is 24.3 Å². The Labute approximate surface area is 141 Å². The number of carbonyl (C=O) groups excluding carboxylic acids is 1. The Hall–Kier alpha value is -2.00. The first-order valence-electron chi connectivity index (χ1n) is 5.41. The summed E-state index contributed by atoms with van der Waals surface area (Å²) in [5.41, 5.74) is 2.02. The summed E-state index contributed by atoms with van der Waals surface area (Å²) >= 11 is 0. The monoisotopic (exact) mass is 338 g/mol. The van der Waals surface area contributed by atoms with Crippen molar-refractivity contribution in [2.75, 3.05) is 0 Å². The minimum atomic E-state index is -0.450. The molecule has 0 bridgehead atoms. The Bertz CT molecular complexity index is 520. The SMILES string of the molecule is CC#C[C@H](OC(C)=O)c1ccccc1C.[C-]#[O+].[C-]#[O+].[C-]#[O+].[Cr]. The van der Waals surface area contributed by atoms with Crippen LogP contribution in [-0.2, 0) is 40.8 Å². The summed E-state index contributed by atoms with van der Waals surface area (Å²) in [7, 11) is 0. The second-order valence-electron chi connectivity index (χ2n) is 3.24. The van der Waals surface area contributed by atoms with Gasteiger partial charge < -0.3 is 4.74 Å². The molecule has 1 aromatic rings. The number of hydrogen-bond acceptors (Lipinski definition) is 2. The van der Waals surface area contributed by atoms with Gasteiger partial charge in [0.15, 0.2) is 6.10 Å². The van der Waals surface area contributed by atoms with Gasteiger partial charge in [0.05, 0.1) is 0 Å². The van der Waals surface area contributed by atoms with E-state index in [9.17, 15) is 4.79 Å². The molecule has 1 rings (SSSR count). The Morgan fingerprint density at radius 3 is 1.95 bits per heavy atom. The molecule has 0 aliphatic heterocycles. The third-order valence-corrected chi connectivity index (χ3v) is 2.03. The summed E-state index contributed by atoms with van der Waals surface area (Å²) in [6, 6.07) is 7.76. The van der Waals surface area contributed by atoms with E-state index >= 15 is 0 Å². The van der Waals surface area contributed by atoms with Gasteiger partial charge in [0.25, 0.3) is 0 Å². The summed E-state index contributed by atoms with van der Waals surface area (Å²) in [5, 5.41) is 0. The van der Waals surface area contributed by atoms with Crippen molar-refractivity contribution in [3.05, 3.63) is 55.3 Å². The summed E-state index contributed by atoms with van der Waals surface area (Å²) < 4.78 is 27.6. The van der Waals surface area contributed by atoms with Crippen LogP contribution in [0.25, 0.3) is 0 Å². The number of aryl methyl sites for hydroxylation is 1. The molecule has 0 spiro atoms. The van der Waals surface area contributed by atoms with Crippen molar-refractivity contribution in [3.8, 4) is 11.8 Å². The average molecular weight is 338 g/mol. The number of ether oxygens (including phenoxy) is 1. The molecule has 22 heavy (non-hydrogen) atoms. The second-order valence-corrected chi connectivity index (χ2v) is 3.24. The molecule has 5 nitrogen and oxygen atoms in total. The van der Waals surface area contributed by atoms with Crippen LogP contribution in [-0.4, -0.2) is 5.97 Å². The van der Waals surface area contributed by atoms with E-state index in [0.29, 0.717) is 0 Å². The predicted molar refractivity (Wildman–Crippen MR) is 70.9 cm³/mol. The summed E-state index contributed by atoms with van der Waals surface area (Å²) in [6.07, 6.45) is -0.450. The number of rotatable bonds is 2. The Morgan fingerprint density at radius 2 is 1.59 bits per heavy atom. The molecule has 6 heteroatoms. The van der Waals surface area contributed by atoms with Crippen molar-refractivity contribution < 1.29 is 40.8 Å². The standard InChI is InChI=1S/C13H14O2.3CO.Cr/c1-4-7-13(15-11(3)14)12-9-6-5-8-10(12)2;3*1-2;/h5-6,8-9,13H,1-3H3;;;;/t13-;;;;/m0..../s1. The molecular formula is C16H14CrO5. The fourth-order valence-corrected chi connectivity index (χ4v) is 1.35. The minimum Gasteiger partial charge on any atom is 0 e. The van der Waals surface area contributed by atoms with Crippen molar-refractivity contribution >= 4 is 5.97 Å². The number of benzene rings is 1. The van der Waals surface area contributed by atoms with Crippen molar-refractivity contribution in [2.45, 2.75) is 26.9 Å². The molecule has 114 valence electrons. The smallest absolute Gasteiger partial charge is 0 e. The van der Waals surface area contributed by atoms with Gasteiger partial charge in [-0.3, -0.25) is 4.79 Å². The molecule has 0 saturated carbocycles. The van der Waals surface area contributed by atoms with Crippen LogP contribution >= 0.6 is 0 Å². The molecule has 0 aliphatic carbocycles. The van der Waals surface area contributed by atoms with Crippen LogP contribution in [0.2, 0.25) is 0 Å². The van der Waals surface area contributed by atoms with Crippen LogP contribution in [0.3, 0.4) is 0 Å². The molecule has 1 atom stereocenters. The topological polar surface area (TPSA) is 86.0 Å². The van der Waals surface area contributed by atoms with Crippen molar-refractivity contribution in [1.29, 1.82) is 0 Å². The van der Waals surface area contributed by atoms with Gasteiger partial charge in [-0.05, 0) is 19.4 Å². The maximum absolute atomic E-state index is 10.9. The minimum absolute atomic E-state index is 0. The average Bonchev–Trinajstić information content (AvgIpc) is 2.53. The van der Waals surface area contributed by atoms with Crippen molar-refractivity contribution in [2.24, 2.45) is 0 Å². The molecule has 0 aliphatic rings. The third-order valence-electron chi connectivity index (χ3n) is 2.03. The zero-order chi connectivity index (χ0) is 17.3.